The molecule has 0 aliphatic rings. The quantitative estimate of drug-likeness (QED) is 0.742. The maximum absolute atomic E-state index is 5.75. The minimum absolute atomic E-state index is 0.384. The van der Waals surface area contributed by atoms with Gasteiger partial charge in [-0.3, -0.25) is 9.88 Å². The van der Waals surface area contributed by atoms with Crippen LogP contribution in [0.15, 0.2) is 18.3 Å². The van der Waals surface area contributed by atoms with Crippen LogP contribution >= 0.6 is 12.2 Å². The zero-order valence-corrected chi connectivity index (χ0v) is 13.0. The van der Waals surface area contributed by atoms with E-state index in [0.29, 0.717) is 11.0 Å². The van der Waals surface area contributed by atoms with Gasteiger partial charge in [-0.25, -0.2) is 0 Å². The van der Waals surface area contributed by atoms with Crippen molar-refractivity contribution in [2.45, 2.75) is 52.6 Å². The first-order valence-electron chi connectivity index (χ1n) is 7.07. The van der Waals surface area contributed by atoms with E-state index in [1.807, 2.05) is 6.07 Å². The second kappa shape index (κ2) is 8.23. The number of thiocarbonyl (C=S) groups is 1. The lowest BCUT2D eigenvalue weighted by atomic mass is 10.1. The molecule has 0 aliphatic carbocycles. The lowest BCUT2D eigenvalue weighted by Crippen LogP contribution is -2.34. The highest BCUT2D eigenvalue weighted by Crippen LogP contribution is 2.14. The number of hydrogen-bond donors (Lipinski definition) is 1. The van der Waals surface area contributed by atoms with Gasteiger partial charge in [0, 0.05) is 18.8 Å². The molecule has 0 saturated carbocycles. The maximum Gasteiger partial charge on any atom is 0.123 e. The van der Waals surface area contributed by atoms with Crippen molar-refractivity contribution in [1.29, 1.82) is 0 Å². The van der Waals surface area contributed by atoms with Crippen LogP contribution in [-0.2, 0) is 6.54 Å². The molecule has 0 fully saturated rings. The van der Waals surface area contributed by atoms with Crippen LogP contribution in [0.3, 0.4) is 0 Å². The number of hydrogen-bond acceptors (Lipinski definition) is 3. The summed E-state index contributed by atoms with van der Waals surface area (Å²) in [4.78, 5) is 7.18. The minimum Gasteiger partial charge on any atom is -0.388 e. The normalized spacial score (nSPS) is 12.6. The van der Waals surface area contributed by atoms with Gasteiger partial charge in [0.15, 0.2) is 0 Å². The van der Waals surface area contributed by atoms with Gasteiger partial charge in [-0.05, 0) is 37.9 Å². The maximum atomic E-state index is 5.75. The standard InChI is InChI=1S/C15H25N3S/c1-4-6-10-18(12(3)5-2)11-13-8-7-9-17-14(13)15(16)19/h7-9,12H,4-6,10-11H2,1-3H3,(H2,16,19). The highest BCUT2D eigenvalue weighted by molar-refractivity contribution is 7.80. The Morgan fingerprint density at radius 2 is 2.21 bits per heavy atom. The zero-order valence-electron chi connectivity index (χ0n) is 12.2. The molecule has 0 bridgehead atoms. The predicted octanol–water partition coefficient (Wildman–Crippen LogP) is 3.12. The molecule has 0 saturated heterocycles. The second-order valence-electron chi connectivity index (χ2n) is 4.96. The Hall–Kier alpha value is -1.00. The van der Waals surface area contributed by atoms with Gasteiger partial charge in [-0.15, -0.1) is 0 Å². The molecule has 0 spiro atoms. The van der Waals surface area contributed by atoms with E-state index in [9.17, 15) is 0 Å². The average molecular weight is 279 g/mol. The molecule has 106 valence electrons. The molecule has 1 aromatic heterocycles. The smallest absolute Gasteiger partial charge is 0.123 e. The molecule has 0 aliphatic heterocycles. The monoisotopic (exact) mass is 279 g/mol. The zero-order chi connectivity index (χ0) is 14.3. The van der Waals surface area contributed by atoms with Gasteiger partial charge in [0.25, 0.3) is 0 Å². The van der Waals surface area contributed by atoms with Crippen LogP contribution in [0.2, 0.25) is 0 Å². The van der Waals surface area contributed by atoms with E-state index < -0.39 is 0 Å². The summed E-state index contributed by atoms with van der Waals surface area (Å²) in [5.41, 5.74) is 7.65. The third-order valence-corrected chi connectivity index (χ3v) is 3.70. The molecular weight excluding hydrogens is 254 g/mol. The third-order valence-electron chi connectivity index (χ3n) is 3.51. The summed E-state index contributed by atoms with van der Waals surface area (Å²) in [7, 11) is 0. The van der Waals surface area contributed by atoms with Crippen molar-refractivity contribution in [3.8, 4) is 0 Å². The Balaban J connectivity index is 2.86. The highest BCUT2D eigenvalue weighted by Gasteiger charge is 2.15. The topological polar surface area (TPSA) is 42.2 Å². The first kappa shape index (κ1) is 16.1. The van der Waals surface area contributed by atoms with Crippen molar-refractivity contribution in [2.75, 3.05) is 6.54 Å². The number of pyridine rings is 1. The number of unbranched alkanes of at least 4 members (excludes halogenated alkanes) is 1. The van der Waals surface area contributed by atoms with E-state index >= 15 is 0 Å². The summed E-state index contributed by atoms with van der Waals surface area (Å²) >= 11 is 5.08. The Labute approximate surface area is 122 Å². The summed E-state index contributed by atoms with van der Waals surface area (Å²) in [6.07, 6.45) is 5.32. The van der Waals surface area contributed by atoms with Crippen LogP contribution in [0.5, 0.6) is 0 Å². The lowest BCUT2D eigenvalue weighted by Gasteiger charge is -2.28. The van der Waals surface area contributed by atoms with Crippen LogP contribution in [0.4, 0.5) is 0 Å². The van der Waals surface area contributed by atoms with Gasteiger partial charge in [-0.1, -0.05) is 38.6 Å². The number of aromatic nitrogens is 1. The van der Waals surface area contributed by atoms with Gasteiger partial charge >= 0.3 is 0 Å². The molecule has 0 radical (unpaired) electrons. The number of rotatable bonds is 8. The highest BCUT2D eigenvalue weighted by atomic mass is 32.1. The van der Waals surface area contributed by atoms with Crippen LogP contribution < -0.4 is 5.73 Å². The van der Waals surface area contributed by atoms with Crippen LogP contribution in [0, 0.1) is 0 Å². The molecule has 3 nitrogen and oxygen atoms in total. The second-order valence-corrected chi connectivity index (χ2v) is 5.40. The van der Waals surface area contributed by atoms with E-state index in [4.69, 9.17) is 18.0 Å². The van der Waals surface area contributed by atoms with Gasteiger partial charge in [0.2, 0.25) is 0 Å². The molecule has 1 aromatic rings. The Morgan fingerprint density at radius 3 is 2.79 bits per heavy atom. The summed E-state index contributed by atoms with van der Waals surface area (Å²) in [6.45, 7) is 8.69. The molecule has 2 N–H and O–H groups in total. The van der Waals surface area contributed by atoms with Gasteiger partial charge in [0.1, 0.15) is 10.7 Å². The van der Waals surface area contributed by atoms with Gasteiger partial charge in [-0.2, -0.15) is 0 Å². The SMILES string of the molecule is CCCCN(Cc1cccnc1C(N)=S)C(C)CC. The minimum atomic E-state index is 0.384. The molecule has 1 unspecified atom stereocenters. The van der Waals surface area contributed by atoms with Crippen molar-refractivity contribution in [2.24, 2.45) is 5.73 Å². The molecule has 0 amide bonds. The van der Waals surface area contributed by atoms with E-state index in [0.717, 1.165) is 30.8 Å². The van der Waals surface area contributed by atoms with E-state index in [1.54, 1.807) is 6.20 Å². The fourth-order valence-electron chi connectivity index (χ4n) is 2.08. The first-order valence-corrected chi connectivity index (χ1v) is 7.48. The van der Waals surface area contributed by atoms with Crippen LogP contribution in [-0.4, -0.2) is 27.5 Å². The molecule has 1 rings (SSSR count). The van der Waals surface area contributed by atoms with Crippen molar-refractivity contribution < 1.29 is 0 Å². The first-order chi connectivity index (χ1) is 9.10. The average Bonchev–Trinajstić information content (AvgIpc) is 2.42. The molecule has 0 aromatic carbocycles. The fourth-order valence-corrected chi connectivity index (χ4v) is 2.27. The van der Waals surface area contributed by atoms with Crippen molar-refractivity contribution in [1.82, 2.24) is 9.88 Å². The number of nitrogens with two attached hydrogens (primary N) is 1. The Kier molecular flexibility index (Phi) is 6.95. The summed E-state index contributed by atoms with van der Waals surface area (Å²) in [6, 6.07) is 4.58. The molecule has 19 heavy (non-hydrogen) atoms. The molecule has 1 atom stereocenters. The van der Waals surface area contributed by atoms with Crippen molar-refractivity contribution >= 4 is 17.2 Å². The summed E-state index contributed by atoms with van der Waals surface area (Å²) in [5.74, 6) is 0. The van der Waals surface area contributed by atoms with Gasteiger partial charge < -0.3 is 5.73 Å². The fraction of sp³-hybridized carbons (Fsp3) is 0.600. The predicted molar refractivity (Wildman–Crippen MR) is 85.2 cm³/mol. The van der Waals surface area contributed by atoms with Gasteiger partial charge in [0.05, 0.1) is 0 Å². The van der Waals surface area contributed by atoms with Crippen molar-refractivity contribution in [3.05, 3.63) is 29.6 Å². The molecule has 4 heteroatoms. The molecule has 1 heterocycles. The Morgan fingerprint density at radius 1 is 1.47 bits per heavy atom. The van der Waals surface area contributed by atoms with E-state index in [-0.39, 0.29) is 0 Å². The van der Waals surface area contributed by atoms with E-state index in [2.05, 4.69) is 36.7 Å². The lowest BCUT2D eigenvalue weighted by molar-refractivity contribution is 0.192. The number of nitrogens with zero attached hydrogens (tertiary/aromatic N) is 2. The third kappa shape index (κ3) is 4.88. The van der Waals surface area contributed by atoms with Crippen molar-refractivity contribution in [3.63, 3.8) is 0 Å². The van der Waals surface area contributed by atoms with Crippen LogP contribution in [0.1, 0.15) is 51.3 Å². The van der Waals surface area contributed by atoms with E-state index in [1.165, 1.54) is 12.8 Å². The Bertz CT molecular complexity index is 406. The summed E-state index contributed by atoms with van der Waals surface area (Å²) < 4.78 is 0. The van der Waals surface area contributed by atoms with Crippen LogP contribution in [0.25, 0.3) is 0 Å². The molecular formula is C15H25N3S. The largest absolute Gasteiger partial charge is 0.388 e. The summed E-state index contributed by atoms with van der Waals surface area (Å²) in [5, 5.41) is 0.